The van der Waals surface area contributed by atoms with E-state index in [9.17, 15) is 14.4 Å². The zero-order valence-corrected chi connectivity index (χ0v) is 11.9. The van der Waals surface area contributed by atoms with Crippen LogP contribution in [-0.2, 0) is 4.79 Å². The highest BCUT2D eigenvalue weighted by molar-refractivity contribution is 7.08. The molecule has 0 radical (unpaired) electrons. The van der Waals surface area contributed by atoms with Crippen LogP contribution in [0, 0.1) is 6.92 Å². The van der Waals surface area contributed by atoms with E-state index in [1.807, 2.05) is 12.3 Å². The predicted octanol–water partition coefficient (Wildman–Crippen LogP) is 1.50. The van der Waals surface area contributed by atoms with E-state index in [-0.39, 0.29) is 24.8 Å². The standard InChI is InChI=1S/C13H16N2O4S/c1-8-6-20-7-9(8)12(17)10-2-3-11(16)15(10)5-4-14-13(18)19/h6-7,10,14H,2-5H2,1H3,(H,18,19)/t10-/m0/s1. The number of carbonyl (C=O) groups is 3. The van der Waals surface area contributed by atoms with Gasteiger partial charge in [0.05, 0.1) is 6.04 Å². The van der Waals surface area contributed by atoms with Gasteiger partial charge in [-0.25, -0.2) is 4.79 Å². The lowest BCUT2D eigenvalue weighted by Gasteiger charge is -2.23. The first kappa shape index (κ1) is 14.5. The van der Waals surface area contributed by atoms with E-state index < -0.39 is 12.1 Å². The fourth-order valence-electron chi connectivity index (χ4n) is 2.36. The maximum Gasteiger partial charge on any atom is 0.404 e. The van der Waals surface area contributed by atoms with Gasteiger partial charge in [0.1, 0.15) is 0 Å². The average molecular weight is 296 g/mol. The first-order chi connectivity index (χ1) is 9.50. The number of likely N-dealkylation sites (tertiary alicyclic amines) is 1. The molecule has 7 heteroatoms. The normalized spacial score (nSPS) is 18.4. The summed E-state index contributed by atoms with van der Waals surface area (Å²) in [6.45, 7) is 2.23. The molecule has 0 bridgehead atoms. The molecule has 1 fully saturated rings. The number of hydrogen-bond donors (Lipinski definition) is 2. The van der Waals surface area contributed by atoms with E-state index in [1.165, 1.54) is 16.2 Å². The fraction of sp³-hybridized carbons (Fsp3) is 0.462. The second kappa shape index (κ2) is 6.04. The van der Waals surface area contributed by atoms with Crippen LogP contribution in [-0.4, -0.2) is 46.9 Å². The van der Waals surface area contributed by atoms with Crippen molar-refractivity contribution in [3.05, 3.63) is 21.9 Å². The topological polar surface area (TPSA) is 86.7 Å². The molecule has 1 aliphatic rings. The lowest BCUT2D eigenvalue weighted by atomic mass is 10.0. The number of carbonyl (C=O) groups excluding carboxylic acids is 2. The van der Waals surface area contributed by atoms with Gasteiger partial charge in [0.15, 0.2) is 5.78 Å². The molecule has 0 saturated carbocycles. The highest BCUT2D eigenvalue weighted by Gasteiger charge is 2.36. The Kier molecular flexibility index (Phi) is 4.39. The minimum Gasteiger partial charge on any atom is -0.465 e. The molecule has 6 nitrogen and oxygen atoms in total. The van der Waals surface area contributed by atoms with Gasteiger partial charge in [0.2, 0.25) is 5.91 Å². The summed E-state index contributed by atoms with van der Waals surface area (Å²) >= 11 is 1.46. The van der Waals surface area contributed by atoms with E-state index >= 15 is 0 Å². The zero-order chi connectivity index (χ0) is 14.7. The summed E-state index contributed by atoms with van der Waals surface area (Å²) in [5, 5.41) is 14.4. The minimum absolute atomic E-state index is 0.0510. The second-order valence-corrected chi connectivity index (χ2v) is 5.45. The van der Waals surface area contributed by atoms with Gasteiger partial charge in [-0.2, -0.15) is 11.3 Å². The van der Waals surface area contributed by atoms with Gasteiger partial charge in [0, 0.05) is 30.5 Å². The molecule has 1 atom stereocenters. The molecule has 20 heavy (non-hydrogen) atoms. The van der Waals surface area contributed by atoms with Crippen LogP contribution in [0.15, 0.2) is 10.8 Å². The first-order valence-electron chi connectivity index (χ1n) is 6.34. The molecule has 1 saturated heterocycles. The highest BCUT2D eigenvalue weighted by atomic mass is 32.1. The molecule has 0 unspecified atom stereocenters. The van der Waals surface area contributed by atoms with E-state index in [0.717, 1.165) is 5.56 Å². The molecule has 1 aromatic heterocycles. The SMILES string of the molecule is Cc1cscc1C(=O)[C@@H]1CCC(=O)N1CCNC(=O)O. The van der Waals surface area contributed by atoms with Crippen LogP contribution < -0.4 is 5.32 Å². The Balaban J connectivity index is 2.06. The second-order valence-electron chi connectivity index (χ2n) is 4.71. The molecule has 2 amide bonds. The summed E-state index contributed by atoms with van der Waals surface area (Å²) < 4.78 is 0. The Labute approximate surface area is 120 Å². The summed E-state index contributed by atoms with van der Waals surface area (Å²) in [6.07, 6.45) is -0.291. The molecule has 2 N–H and O–H groups in total. The number of amides is 2. The van der Waals surface area contributed by atoms with E-state index in [4.69, 9.17) is 5.11 Å². The Morgan fingerprint density at radius 3 is 2.85 bits per heavy atom. The van der Waals surface area contributed by atoms with Gasteiger partial charge < -0.3 is 15.3 Å². The molecular weight excluding hydrogens is 280 g/mol. The van der Waals surface area contributed by atoms with Crippen molar-refractivity contribution in [2.24, 2.45) is 0 Å². The van der Waals surface area contributed by atoms with Crippen molar-refractivity contribution in [2.45, 2.75) is 25.8 Å². The highest BCUT2D eigenvalue weighted by Crippen LogP contribution is 2.24. The molecule has 0 spiro atoms. The van der Waals surface area contributed by atoms with Crippen molar-refractivity contribution in [2.75, 3.05) is 13.1 Å². The van der Waals surface area contributed by atoms with Gasteiger partial charge in [-0.15, -0.1) is 0 Å². The monoisotopic (exact) mass is 296 g/mol. The Morgan fingerprint density at radius 1 is 1.50 bits per heavy atom. The number of nitrogens with one attached hydrogen (secondary N) is 1. The van der Waals surface area contributed by atoms with Crippen LogP contribution in [0.5, 0.6) is 0 Å². The number of Topliss-reactive ketones (excluding diaryl/α,β-unsaturated/α-hetero) is 1. The summed E-state index contributed by atoms with van der Waals surface area (Å²) in [7, 11) is 0. The summed E-state index contributed by atoms with van der Waals surface area (Å²) in [5.41, 5.74) is 1.58. The molecule has 2 rings (SSSR count). The number of ketones is 1. The van der Waals surface area contributed by atoms with Crippen molar-refractivity contribution in [1.82, 2.24) is 10.2 Å². The van der Waals surface area contributed by atoms with Crippen molar-refractivity contribution < 1.29 is 19.5 Å². The third kappa shape index (κ3) is 2.98. The largest absolute Gasteiger partial charge is 0.465 e. The van der Waals surface area contributed by atoms with Gasteiger partial charge in [-0.3, -0.25) is 9.59 Å². The Hall–Kier alpha value is -1.89. The van der Waals surface area contributed by atoms with Crippen LogP contribution in [0.3, 0.4) is 0 Å². The fourth-order valence-corrected chi connectivity index (χ4v) is 3.20. The lowest BCUT2D eigenvalue weighted by molar-refractivity contribution is -0.128. The smallest absolute Gasteiger partial charge is 0.404 e. The molecular formula is C13H16N2O4S. The van der Waals surface area contributed by atoms with Gasteiger partial charge >= 0.3 is 6.09 Å². The van der Waals surface area contributed by atoms with Gasteiger partial charge in [-0.1, -0.05) is 0 Å². The molecule has 0 aliphatic carbocycles. The molecule has 1 aliphatic heterocycles. The number of carboxylic acid groups (broad SMARTS) is 1. The van der Waals surface area contributed by atoms with E-state index in [2.05, 4.69) is 5.32 Å². The maximum absolute atomic E-state index is 12.5. The molecule has 108 valence electrons. The summed E-state index contributed by atoms with van der Waals surface area (Å²) in [5.74, 6) is -0.145. The molecule has 1 aromatic rings. The van der Waals surface area contributed by atoms with Crippen LogP contribution in [0.2, 0.25) is 0 Å². The molecule has 0 aromatic carbocycles. The van der Waals surface area contributed by atoms with Gasteiger partial charge in [-0.05, 0) is 24.3 Å². The lowest BCUT2D eigenvalue weighted by Crippen LogP contribution is -2.43. The third-order valence-corrected chi connectivity index (χ3v) is 4.24. The average Bonchev–Trinajstić information content (AvgIpc) is 2.96. The van der Waals surface area contributed by atoms with Crippen molar-refractivity contribution in [3.63, 3.8) is 0 Å². The van der Waals surface area contributed by atoms with Crippen LogP contribution in [0.1, 0.15) is 28.8 Å². The Bertz CT molecular complexity index is 540. The Morgan fingerprint density at radius 2 is 2.25 bits per heavy atom. The van der Waals surface area contributed by atoms with Crippen molar-refractivity contribution in [1.29, 1.82) is 0 Å². The molecule has 2 heterocycles. The summed E-state index contributed by atoms with van der Waals surface area (Å²) in [6, 6.07) is -0.466. The predicted molar refractivity (Wildman–Crippen MR) is 74.1 cm³/mol. The number of thiophene rings is 1. The number of hydrogen-bond acceptors (Lipinski definition) is 4. The van der Waals surface area contributed by atoms with Crippen LogP contribution in [0.4, 0.5) is 4.79 Å². The van der Waals surface area contributed by atoms with E-state index in [1.54, 1.807) is 5.38 Å². The van der Waals surface area contributed by atoms with E-state index in [0.29, 0.717) is 18.4 Å². The minimum atomic E-state index is -1.13. The first-order valence-corrected chi connectivity index (χ1v) is 7.28. The van der Waals surface area contributed by atoms with Crippen LogP contribution in [0.25, 0.3) is 0 Å². The number of rotatable bonds is 5. The van der Waals surface area contributed by atoms with Crippen molar-refractivity contribution in [3.8, 4) is 0 Å². The quantitative estimate of drug-likeness (QED) is 0.806. The number of nitrogens with zero attached hydrogens (tertiary/aromatic N) is 1. The summed E-state index contributed by atoms with van der Waals surface area (Å²) in [4.78, 5) is 36.2. The third-order valence-electron chi connectivity index (χ3n) is 3.38. The van der Waals surface area contributed by atoms with Crippen LogP contribution >= 0.6 is 11.3 Å². The van der Waals surface area contributed by atoms with Gasteiger partial charge in [0.25, 0.3) is 0 Å². The van der Waals surface area contributed by atoms with Crippen molar-refractivity contribution >= 4 is 29.1 Å². The maximum atomic E-state index is 12.5. The zero-order valence-electron chi connectivity index (χ0n) is 11.1. The number of aryl methyl sites for hydroxylation is 1.